The van der Waals surface area contributed by atoms with Crippen LogP contribution in [0.3, 0.4) is 0 Å². The first-order valence-electron chi connectivity index (χ1n) is 16.2. The molecule has 5 rings (SSSR count). The predicted molar refractivity (Wildman–Crippen MR) is 181 cm³/mol. The van der Waals surface area contributed by atoms with Crippen LogP contribution in [0.2, 0.25) is 0 Å². The SMILES string of the molecule is C[C@H]1[C@@H](CN(C)[C@@H](C)c2ccccc2)O[C@@H](c2ccc(-c3ccccc3CNC(=O)CCC(=O)O)cc2)O[C@H]1c1ccc(CO)cc1. The number of carbonyl (C=O) groups is 2. The number of carboxylic acid groups (broad SMARTS) is 1. The molecule has 246 valence electrons. The molecule has 8 nitrogen and oxygen atoms in total. The lowest BCUT2D eigenvalue weighted by atomic mass is 9.89. The first-order chi connectivity index (χ1) is 22.7. The third-order valence-electron chi connectivity index (χ3n) is 9.09. The summed E-state index contributed by atoms with van der Waals surface area (Å²) in [4.78, 5) is 25.3. The van der Waals surface area contributed by atoms with E-state index in [1.165, 1.54) is 5.56 Å². The van der Waals surface area contributed by atoms with E-state index in [1.807, 2.05) is 78.9 Å². The molecule has 1 heterocycles. The molecule has 1 amide bonds. The van der Waals surface area contributed by atoms with Crippen molar-refractivity contribution in [2.24, 2.45) is 5.92 Å². The van der Waals surface area contributed by atoms with Crippen LogP contribution in [0.15, 0.2) is 103 Å². The second-order valence-corrected chi connectivity index (χ2v) is 12.3. The number of amides is 1. The normalized spacial score (nSPS) is 20.1. The molecule has 0 radical (unpaired) electrons. The minimum atomic E-state index is -0.993. The molecule has 5 atom stereocenters. The van der Waals surface area contributed by atoms with Crippen molar-refractivity contribution in [3.8, 4) is 11.1 Å². The monoisotopic (exact) mass is 636 g/mol. The van der Waals surface area contributed by atoms with E-state index < -0.39 is 12.3 Å². The fourth-order valence-corrected chi connectivity index (χ4v) is 6.03. The number of carbonyl (C=O) groups excluding carboxylic acids is 1. The Morgan fingerprint density at radius 3 is 2.19 bits per heavy atom. The van der Waals surface area contributed by atoms with Crippen LogP contribution in [-0.2, 0) is 32.2 Å². The van der Waals surface area contributed by atoms with Crippen LogP contribution in [0.1, 0.15) is 72.9 Å². The second-order valence-electron chi connectivity index (χ2n) is 12.3. The van der Waals surface area contributed by atoms with Crippen LogP contribution in [0.25, 0.3) is 11.1 Å². The lowest BCUT2D eigenvalue weighted by molar-refractivity contribution is -0.276. The standard InChI is InChI=1S/C39H44N2O6/c1-26-35(24-41(3)27(2)29-9-5-4-6-10-29)46-39(47-38(26)31-15-13-28(25-42)14-16-31)32-19-17-30(18-20-32)34-12-8-7-11-33(34)23-40-36(43)21-22-37(44)45/h4-20,26-27,35,38-39,42H,21-25H2,1-3H3,(H,40,43)(H,44,45)/t26-,27-,35+,38+,39+/m0/s1. The maximum Gasteiger partial charge on any atom is 0.303 e. The Kier molecular flexibility index (Phi) is 11.6. The molecular formula is C39H44N2O6. The first-order valence-corrected chi connectivity index (χ1v) is 16.2. The number of carboxylic acids is 1. The smallest absolute Gasteiger partial charge is 0.303 e. The molecule has 0 spiro atoms. The van der Waals surface area contributed by atoms with Crippen LogP contribution >= 0.6 is 0 Å². The number of nitrogens with one attached hydrogen (secondary N) is 1. The third-order valence-corrected chi connectivity index (χ3v) is 9.09. The van der Waals surface area contributed by atoms with Crippen molar-refractivity contribution in [1.82, 2.24) is 10.2 Å². The number of hydrogen-bond acceptors (Lipinski definition) is 6. The molecule has 1 aliphatic rings. The quantitative estimate of drug-likeness (QED) is 0.148. The molecule has 0 aliphatic carbocycles. The van der Waals surface area contributed by atoms with Crippen molar-refractivity contribution in [2.45, 2.75) is 64.4 Å². The van der Waals surface area contributed by atoms with Crippen molar-refractivity contribution in [3.63, 3.8) is 0 Å². The van der Waals surface area contributed by atoms with Gasteiger partial charge in [0, 0.05) is 37.0 Å². The average Bonchev–Trinajstić information content (AvgIpc) is 3.11. The zero-order valence-corrected chi connectivity index (χ0v) is 27.2. The van der Waals surface area contributed by atoms with Gasteiger partial charge in [0.1, 0.15) is 0 Å². The van der Waals surface area contributed by atoms with Crippen LogP contribution in [0.4, 0.5) is 0 Å². The molecule has 8 heteroatoms. The molecule has 1 aliphatic heterocycles. The van der Waals surface area contributed by atoms with Crippen LogP contribution in [-0.4, -0.2) is 46.7 Å². The topological polar surface area (TPSA) is 108 Å². The second kappa shape index (κ2) is 16.0. The molecule has 47 heavy (non-hydrogen) atoms. The van der Waals surface area contributed by atoms with Gasteiger partial charge >= 0.3 is 5.97 Å². The molecule has 4 aromatic rings. The van der Waals surface area contributed by atoms with Crippen molar-refractivity contribution in [2.75, 3.05) is 13.6 Å². The highest BCUT2D eigenvalue weighted by molar-refractivity contribution is 5.80. The van der Waals surface area contributed by atoms with Crippen LogP contribution in [0, 0.1) is 5.92 Å². The molecule has 0 aromatic heterocycles. The lowest BCUT2D eigenvalue weighted by Gasteiger charge is -2.43. The maximum absolute atomic E-state index is 12.2. The van der Waals surface area contributed by atoms with E-state index in [4.69, 9.17) is 14.6 Å². The van der Waals surface area contributed by atoms with E-state index in [1.54, 1.807) is 0 Å². The van der Waals surface area contributed by atoms with Gasteiger partial charge in [-0.3, -0.25) is 14.5 Å². The summed E-state index contributed by atoms with van der Waals surface area (Å²) in [6.07, 6.45) is -1.16. The number of likely N-dealkylation sites (N-methyl/N-ethyl adjacent to an activating group) is 1. The Hall–Kier alpha value is -4.34. The van der Waals surface area contributed by atoms with Gasteiger partial charge in [0.15, 0.2) is 6.29 Å². The highest BCUT2D eigenvalue weighted by Crippen LogP contribution is 2.42. The van der Waals surface area contributed by atoms with Gasteiger partial charge in [0.05, 0.1) is 25.2 Å². The number of aliphatic carboxylic acids is 1. The number of aliphatic hydroxyl groups is 1. The van der Waals surface area contributed by atoms with Gasteiger partial charge in [-0.15, -0.1) is 0 Å². The van der Waals surface area contributed by atoms with Crippen LogP contribution in [0.5, 0.6) is 0 Å². The van der Waals surface area contributed by atoms with Gasteiger partial charge in [-0.2, -0.15) is 0 Å². The van der Waals surface area contributed by atoms with E-state index in [0.29, 0.717) is 13.1 Å². The fourth-order valence-electron chi connectivity index (χ4n) is 6.03. The van der Waals surface area contributed by atoms with Crippen molar-refractivity contribution in [3.05, 3.63) is 131 Å². The Morgan fingerprint density at radius 1 is 0.851 bits per heavy atom. The zero-order valence-electron chi connectivity index (χ0n) is 27.2. The number of benzene rings is 4. The summed E-state index contributed by atoms with van der Waals surface area (Å²) in [6.45, 7) is 5.39. The summed E-state index contributed by atoms with van der Waals surface area (Å²) in [5, 5.41) is 21.3. The number of nitrogens with zero attached hydrogens (tertiary/aromatic N) is 1. The molecule has 4 aromatic carbocycles. The minimum absolute atomic E-state index is 0.00947. The summed E-state index contributed by atoms with van der Waals surface area (Å²) in [7, 11) is 2.13. The molecule has 1 saturated heterocycles. The predicted octanol–water partition coefficient (Wildman–Crippen LogP) is 6.81. The van der Waals surface area contributed by atoms with Crippen molar-refractivity contribution in [1.29, 1.82) is 0 Å². The number of aliphatic hydroxyl groups excluding tert-OH is 1. The zero-order chi connectivity index (χ0) is 33.3. The third kappa shape index (κ3) is 8.73. The molecule has 0 bridgehead atoms. The fraction of sp³-hybridized carbons (Fsp3) is 0.333. The summed E-state index contributed by atoms with van der Waals surface area (Å²) in [6, 6.07) is 34.6. The Morgan fingerprint density at radius 2 is 1.51 bits per heavy atom. The molecule has 1 fully saturated rings. The summed E-state index contributed by atoms with van der Waals surface area (Å²) in [5.41, 5.74) is 6.95. The summed E-state index contributed by atoms with van der Waals surface area (Å²) >= 11 is 0. The van der Waals surface area contributed by atoms with E-state index in [9.17, 15) is 14.7 Å². The Labute approximate surface area is 277 Å². The van der Waals surface area contributed by atoms with Gasteiger partial charge in [-0.25, -0.2) is 0 Å². The van der Waals surface area contributed by atoms with Crippen molar-refractivity contribution < 1.29 is 29.3 Å². The number of ether oxygens (including phenoxy) is 2. The van der Waals surface area contributed by atoms with Crippen LogP contribution < -0.4 is 5.32 Å². The molecule has 3 N–H and O–H groups in total. The van der Waals surface area contributed by atoms with Gasteiger partial charge in [-0.05, 0) is 47.4 Å². The minimum Gasteiger partial charge on any atom is -0.481 e. The highest BCUT2D eigenvalue weighted by atomic mass is 16.7. The Balaban J connectivity index is 1.36. The average molecular weight is 637 g/mol. The lowest BCUT2D eigenvalue weighted by Crippen LogP contribution is -2.44. The first kappa shape index (κ1) is 34.0. The van der Waals surface area contributed by atoms with Gasteiger partial charge in [-0.1, -0.05) is 110 Å². The molecule has 0 unspecified atom stereocenters. The number of rotatable bonds is 13. The van der Waals surface area contributed by atoms with Gasteiger partial charge < -0.3 is 25.0 Å². The van der Waals surface area contributed by atoms with Gasteiger partial charge in [0.2, 0.25) is 5.91 Å². The largest absolute Gasteiger partial charge is 0.481 e. The Bertz CT molecular complexity index is 1610. The van der Waals surface area contributed by atoms with E-state index in [0.717, 1.165) is 33.4 Å². The summed E-state index contributed by atoms with van der Waals surface area (Å²) in [5.74, 6) is -1.22. The summed E-state index contributed by atoms with van der Waals surface area (Å²) < 4.78 is 13.4. The molecule has 0 saturated carbocycles. The van der Waals surface area contributed by atoms with Crippen molar-refractivity contribution >= 4 is 11.9 Å². The molecular weight excluding hydrogens is 592 g/mol. The van der Waals surface area contributed by atoms with Gasteiger partial charge in [0.25, 0.3) is 0 Å². The van der Waals surface area contributed by atoms with E-state index in [2.05, 4.69) is 55.4 Å². The van der Waals surface area contributed by atoms with E-state index in [-0.39, 0.29) is 49.5 Å². The number of hydrogen-bond donors (Lipinski definition) is 3. The highest BCUT2D eigenvalue weighted by Gasteiger charge is 2.39. The van der Waals surface area contributed by atoms with E-state index >= 15 is 0 Å². The maximum atomic E-state index is 12.2.